The summed E-state index contributed by atoms with van der Waals surface area (Å²) in [7, 11) is -1.37. The quantitative estimate of drug-likeness (QED) is 0.606. The molecule has 0 nitrogen and oxygen atoms in total. The number of hydrogen-bond acceptors (Lipinski definition) is 0. The number of hydrogen-bond donors (Lipinski definition) is 0. The molecule has 0 amide bonds. The third kappa shape index (κ3) is 1.99. The van der Waals surface area contributed by atoms with E-state index in [0.717, 1.165) is 11.1 Å². The van der Waals surface area contributed by atoms with Crippen molar-refractivity contribution >= 4 is 13.3 Å². The van der Waals surface area contributed by atoms with Gasteiger partial charge in [-0.05, 0) is 25.0 Å². The van der Waals surface area contributed by atoms with Gasteiger partial charge < -0.3 is 0 Å². The fourth-order valence-corrected chi connectivity index (χ4v) is 3.45. The van der Waals surface area contributed by atoms with Crippen LogP contribution in [0.1, 0.15) is 11.1 Å². The number of rotatable bonds is 1. The van der Waals surface area contributed by atoms with Crippen LogP contribution >= 0.6 is 0 Å². The van der Waals surface area contributed by atoms with Crippen molar-refractivity contribution in [2.24, 2.45) is 0 Å². The van der Waals surface area contributed by atoms with E-state index < -0.39 is 8.07 Å². The molecule has 13 heavy (non-hydrogen) atoms. The molecule has 0 aliphatic carbocycles. The molecule has 0 saturated heterocycles. The van der Waals surface area contributed by atoms with Gasteiger partial charge in [0.1, 0.15) is 5.82 Å². The highest BCUT2D eigenvalue weighted by Gasteiger charge is 2.20. The minimum Gasteiger partial charge on any atom is -0.206 e. The summed E-state index contributed by atoms with van der Waals surface area (Å²) < 4.78 is 13.5. The maximum absolute atomic E-state index is 13.5. The molecule has 0 spiro atoms. The number of halogens is 1. The van der Waals surface area contributed by atoms with Gasteiger partial charge in [0.2, 0.25) is 0 Å². The van der Waals surface area contributed by atoms with Gasteiger partial charge in [-0.25, -0.2) is 4.39 Å². The second kappa shape index (κ2) is 3.26. The van der Waals surface area contributed by atoms with Gasteiger partial charge in [0.15, 0.2) is 0 Å². The van der Waals surface area contributed by atoms with E-state index >= 15 is 0 Å². The fraction of sp³-hybridized carbons (Fsp3) is 0.455. The van der Waals surface area contributed by atoms with Crippen LogP contribution in [0.4, 0.5) is 4.39 Å². The summed E-state index contributed by atoms with van der Waals surface area (Å²) in [6.45, 7) is 10.4. The molecule has 0 unspecified atom stereocenters. The maximum atomic E-state index is 13.5. The van der Waals surface area contributed by atoms with Gasteiger partial charge in [0, 0.05) is 0 Å². The lowest BCUT2D eigenvalue weighted by molar-refractivity contribution is 0.610. The average molecular weight is 196 g/mol. The lowest BCUT2D eigenvalue weighted by atomic mass is 10.1. The van der Waals surface area contributed by atoms with Crippen LogP contribution in [-0.4, -0.2) is 8.07 Å². The summed E-state index contributed by atoms with van der Waals surface area (Å²) >= 11 is 0. The zero-order chi connectivity index (χ0) is 10.2. The zero-order valence-electron chi connectivity index (χ0n) is 9.03. The van der Waals surface area contributed by atoms with Crippen LogP contribution in [0.5, 0.6) is 0 Å². The molecular weight excluding hydrogens is 179 g/mol. The van der Waals surface area contributed by atoms with E-state index in [9.17, 15) is 4.39 Å². The molecule has 1 aromatic rings. The van der Waals surface area contributed by atoms with Crippen molar-refractivity contribution in [1.29, 1.82) is 0 Å². The van der Waals surface area contributed by atoms with E-state index in [0.29, 0.717) is 0 Å². The molecule has 0 radical (unpaired) electrons. The summed E-state index contributed by atoms with van der Waals surface area (Å²) in [6.07, 6.45) is 0. The molecule has 0 bridgehead atoms. The van der Waals surface area contributed by atoms with Crippen LogP contribution in [-0.2, 0) is 0 Å². The van der Waals surface area contributed by atoms with Crippen LogP contribution in [0.3, 0.4) is 0 Å². The van der Waals surface area contributed by atoms with Crippen molar-refractivity contribution in [2.45, 2.75) is 33.5 Å². The monoisotopic (exact) mass is 196 g/mol. The van der Waals surface area contributed by atoms with Gasteiger partial charge in [-0.3, -0.25) is 0 Å². The molecule has 1 aromatic carbocycles. The number of aryl methyl sites for hydroxylation is 1. The van der Waals surface area contributed by atoms with Gasteiger partial charge in [-0.1, -0.05) is 37.0 Å². The van der Waals surface area contributed by atoms with Crippen molar-refractivity contribution in [2.75, 3.05) is 0 Å². The second-order valence-corrected chi connectivity index (χ2v) is 9.66. The Hall–Kier alpha value is -0.633. The Morgan fingerprint density at radius 3 is 2.08 bits per heavy atom. The molecule has 72 valence electrons. The topological polar surface area (TPSA) is 0 Å². The van der Waals surface area contributed by atoms with E-state index in [2.05, 4.69) is 25.7 Å². The van der Waals surface area contributed by atoms with E-state index in [4.69, 9.17) is 0 Å². The summed E-state index contributed by atoms with van der Waals surface area (Å²) in [5.41, 5.74) is 1.60. The van der Waals surface area contributed by atoms with Gasteiger partial charge in [0.05, 0.1) is 8.07 Å². The Kier molecular flexibility index (Phi) is 2.62. The average Bonchev–Trinajstić information content (AvgIpc) is 1.98. The van der Waals surface area contributed by atoms with Gasteiger partial charge in [-0.2, -0.15) is 0 Å². The van der Waals surface area contributed by atoms with Gasteiger partial charge in [0.25, 0.3) is 0 Å². The Bertz CT molecular complexity index is 324. The molecule has 0 fully saturated rings. The van der Waals surface area contributed by atoms with E-state index in [-0.39, 0.29) is 5.82 Å². The lowest BCUT2D eigenvalue weighted by Gasteiger charge is -2.20. The second-order valence-electron chi connectivity index (χ2n) is 4.62. The maximum Gasteiger partial charge on any atom is 0.128 e. The highest BCUT2D eigenvalue weighted by molar-refractivity contribution is 6.89. The highest BCUT2D eigenvalue weighted by Crippen LogP contribution is 2.13. The molecule has 2 heteroatoms. The Morgan fingerprint density at radius 1 is 1.08 bits per heavy atom. The first-order valence-electron chi connectivity index (χ1n) is 4.60. The predicted molar refractivity (Wildman–Crippen MR) is 58.9 cm³/mol. The molecule has 0 saturated carbocycles. The SMILES string of the molecule is Cc1ccc([Si](C)(C)C)c(C)c1F. The smallest absolute Gasteiger partial charge is 0.128 e. The summed E-state index contributed by atoms with van der Waals surface area (Å²) in [5.74, 6) is -0.0278. The lowest BCUT2D eigenvalue weighted by Crippen LogP contribution is -2.40. The van der Waals surface area contributed by atoms with Crippen LogP contribution < -0.4 is 5.19 Å². The summed E-state index contributed by atoms with van der Waals surface area (Å²) in [6, 6.07) is 3.97. The molecule has 0 aliphatic heterocycles. The first-order valence-corrected chi connectivity index (χ1v) is 8.10. The van der Waals surface area contributed by atoms with Gasteiger partial charge in [-0.15, -0.1) is 0 Å². The molecule has 1 rings (SSSR count). The van der Waals surface area contributed by atoms with Crippen molar-refractivity contribution in [3.05, 3.63) is 29.1 Å². The molecule has 0 atom stereocenters. The minimum absolute atomic E-state index is 0.0278. The Morgan fingerprint density at radius 2 is 1.62 bits per heavy atom. The minimum atomic E-state index is -1.37. The summed E-state index contributed by atoms with van der Waals surface area (Å²) in [4.78, 5) is 0. The fourth-order valence-electron chi connectivity index (χ4n) is 1.63. The van der Waals surface area contributed by atoms with Crippen LogP contribution in [0, 0.1) is 19.7 Å². The van der Waals surface area contributed by atoms with Gasteiger partial charge >= 0.3 is 0 Å². The van der Waals surface area contributed by atoms with Crippen LogP contribution in [0.2, 0.25) is 19.6 Å². The predicted octanol–water partition coefficient (Wildman–Crippen LogP) is 2.99. The largest absolute Gasteiger partial charge is 0.206 e. The molecule has 0 heterocycles. The standard InChI is InChI=1S/C11H17FSi/c1-8-6-7-10(13(3,4)5)9(2)11(8)12/h6-7H,1-5H3. The zero-order valence-corrected chi connectivity index (χ0v) is 10.0. The van der Waals surface area contributed by atoms with E-state index in [1.165, 1.54) is 5.19 Å². The molecule has 0 N–H and O–H groups in total. The first-order chi connectivity index (χ1) is 5.84. The Labute approximate surface area is 80.8 Å². The molecule has 0 aromatic heterocycles. The van der Waals surface area contributed by atoms with E-state index in [1.54, 1.807) is 0 Å². The normalized spacial score (nSPS) is 11.8. The van der Waals surface area contributed by atoms with Crippen LogP contribution in [0.25, 0.3) is 0 Å². The summed E-state index contributed by atoms with van der Waals surface area (Å²) in [5, 5.41) is 1.23. The van der Waals surface area contributed by atoms with Crippen molar-refractivity contribution in [1.82, 2.24) is 0 Å². The van der Waals surface area contributed by atoms with E-state index in [1.807, 2.05) is 19.9 Å². The van der Waals surface area contributed by atoms with Crippen molar-refractivity contribution < 1.29 is 4.39 Å². The molecule has 0 aliphatic rings. The van der Waals surface area contributed by atoms with Crippen molar-refractivity contribution in [3.63, 3.8) is 0 Å². The third-order valence-electron chi connectivity index (χ3n) is 2.39. The van der Waals surface area contributed by atoms with Crippen LogP contribution in [0.15, 0.2) is 12.1 Å². The number of benzene rings is 1. The highest BCUT2D eigenvalue weighted by atomic mass is 28.3. The van der Waals surface area contributed by atoms with Crippen molar-refractivity contribution in [3.8, 4) is 0 Å². The first kappa shape index (κ1) is 10.4. The third-order valence-corrected chi connectivity index (χ3v) is 4.55. The Balaban J connectivity index is 3.35. The molecular formula is C11H17FSi.